The first-order valence-electron chi connectivity index (χ1n) is 6.72. The molecule has 23 heavy (non-hydrogen) atoms. The smallest absolute Gasteiger partial charge is 0.241 e. The largest absolute Gasteiger partial charge is 0.285 e. The first-order valence-corrected chi connectivity index (χ1v) is 8.21. The molecule has 4 rings (SSSR count). The van der Waals surface area contributed by atoms with Crippen molar-refractivity contribution < 1.29 is 8.42 Å². The van der Waals surface area contributed by atoms with Crippen molar-refractivity contribution in [2.24, 2.45) is 0 Å². The Morgan fingerprint density at radius 1 is 1.09 bits per heavy atom. The minimum Gasteiger partial charge on any atom is -0.285 e. The third-order valence-electron chi connectivity index (χ3n) is 3.40. The van der Waals surface area contributed by atoms with Gasteiger partial charge in [-0.3, -0.25) is 4.40 Å². The van der Waals surface area contributed by atoms with Gasteiger partial charge < -0.3 is 0 Å². The molecule has 0 aliphatic heterocycles. The number of hydrogen-bond acceptors (Lipinski definition) is 6. The number of aromatic amines is 1. The number of pyridine rings is 1. The lowest BCUT2D eigenvalue weighted by Crippen LogP contribution is -2.24. The van der Waals surface area contributed by atoms with E-state index in [-0.39, 0.29) is 11.4 Å². The van der Waals surface area contributed by atoms with Gasteiger partial charge in [-0.1, -0.05) is 6.07 Å². The third-order valence-corrected chi connectivity index (χ3v) is 4.80. The van der Waals surface area contributed by atoms with E-state index in [1.165, 1.54) is 12.1 Å². The molecule has 0 bridgehead atoms. The highest BCUT2D eigenvalue weighted by atomic mass is 32.2. The van der Waals surface area contributed by atoms with Crippen molar-refractivity contribution >= 4 is 26.7 Å². The number of aromatic nitrogens is 6. The van der Waals surface area contributed by atoms with Gasteiger partial charge in [0.1, 0.15) is 11.0 Å². The number of rotatable bonds is 4. The van der Waals surface area contributed by atoms with Gasteiger partial charge in [-0.15, -0.1) is 10.2 Å². The Labute approximate surface area is 130 Å². The zero-order valence-corrected chi connectivity index (χ0v) is 12.5. The van der Waals surface area contributed by atoms with Crippen LogP contribution in [0.3, 0.4) is 0 Å². The summed E-state index contributed by atoms with van der Waals surface area (Å²) in [6, 6.07) is 10.00. The van der Waals surface area contributed by atoms with E-state index in [1.54, 1.807) is 22.7 Å². The normalized spacial score (nSPS) is 12.2. The molecule has 3 aromatic heterocycles. The van der Waals surface area contributed by atoms with Gasteiger partial charge in [0, 0.05) is 6.20 Å². The van der Waals surface area contributed by atoms with Crippen LogP contribution in [-0.4, -0.2) is 38.4 Å². The zero-order chi connectivity index (χ0) is 15.9. The molecule has 2 N–H and O–H groups in total. The summed E-state index contributed by atoms with van der Waals surface area (Å²) >= 11 is 0. The van der Waals surface area contributed by atoms with E-state index in [0.717, 1.165) is 0 Å². The van der Waals surface area contributed by atoms with E-state index in [2.05, 4.69) is 30.3 Å². The molecule has 10 heteroatoms. The van der Waals surface area contributed by atoms with Gasteiger partial charge in [0.05, 0.1) is 11.4 Å². The van der Waals surface area contributed by atoms with Crippen molar-refractivity contribution in [1.82, 2.24) is 34.7 Å². The summed E-state index contributed by atoms with van der Waals surface area (Å²) < 4.78 is 29.0. The quantitative estimate of drug-likeness (QED) is 0.562. The van der Waals surface area contributed by atoms with E-state index >= 15 is 0 Å². The van der Waals surface area contributed by atoms with Crippen LogP contribution in [0.2, 0.25) is 0 Å². The van der Waals surface area contributed by atoms with Crippen LogP contribution in [0.15, 0.2) is 47.5 Å². The van der Waals surface area contributed by atoms with Crippen LogP contribution in [0.1, 0.15) is 5.82 Å². The summed E-state index contributed by atoms with van der Waals surface area (Å²) in [5.41, 5.74) is 1.75. The second kappa shape index (κ2) is 5.11. The highest BCUT2D eigenvalue weighted by Gasteiger charge is 2.16. The molecule has 116 valence electrons. The third kappa shape index (κ3) is 2.43. The molecule has 0 aliphatic carbocycles. The first-order chi connectivity index (χ1) is 11.1. The van der Waals surface area contributed by atoms with Crippen LogP contribution in [0.25, 0.3) is 16.7 Å². The van der Waals surface area contributed by atoms with Crippen molar-refractivity contribution in [2.75, 3.05) is 0 Å². The number of benzene rings is 1. The Hall–Kier alpha value is -2.85. The number of nitrogens with one attached hydrogen (secondary N) is 2. The molecule has 0 amide bonds. The van der Waals surface area contributed by atoms with Gasteiger partial charge >= 0.3 is 0 Å². The molecule has 9 nitrogen and oxygen atoms in total. The average Bonchev–Trinajstić information content (AvgIpc) is 3.19. The number of hydrogen-bond donors (Lipinski definition) is 2. The summed E-state index contributed by atoms with van der Waals surface area (Å²) in [5, 5.41) is 18.2. The standard InChI is InChI=1S/C13H11N7O2S/c21-23(22,9-4-5-10-11(7-9)16-19-15-10)14-8-13-18-17-12-3-1-2-6-20(12)13/h1-7,14H,8H2,(H,15,16,19). The van der Waals surface area contributed by atoms with E-state index in [0.29, 0.717) is 22.5 Å². The molecule has 0 aliphatic rings. The minimum absolute atomic E-state index is 0.0321. The average molecular weight is 329 g/mol. The van der Waals surface area contributed by atoms with Gasteiger partial charge in [0.2, 0.25) is 10.0 Å². The molecule has 0 atom stereocenters. The Kier molecular flexibility index (Phi) is 3.06. The van der Waals surface area contributed by atoms with Crippen LogP contribution in [0.4, 0.5) is 0 Å². The minimum atomic E-state index is -3.69. The predicted molar refractivity (Wildman–Crippen MR) is 80.9 cm³/mol. The summed E-state index contributed by atoms with van der Waals surface area (Å²) in [6.45, 7) is 0.0321. The van der Waals surface area contributed by atoms with Crippen LogP contribution < -0.4 is 4.72 Å². The fourth-order valence-corrected chi connectivity index (χ4v) is 3.24. The molecule has 0 saturated carbocycles. The van der Waals surface area contributed by atoms with Gasteiger partial charge in [0.25, 0.3) is 0 Å². The number of H-pyrrole nitrogens is 1. The maximum absolute atomic E-state index is 12.4. The number of nitrogens with zero attached hydrogens (tertiary/aromatic N) is 5. The Bertz CT molecular complexity index is 1100. The molecule has 0 fully saturated rings. The van der Waals surface area contributed by atoms with Crippen LogP contribution in [0.5, 0.6) is 0 Å². The predicted octanol–water partition coefficient (Wildman–Crippen LogP) is 0.479. The lowest BCUT2D eigenvalue weighted by Gasteiger charge is -2.05. The summed E-state index contributed by atoms with van der Waals surface area (Å²) in [6.07, 6.45) is 1.78. The Morgan fingerprint density at radius 2 is 1.96 bits per heavy atom. The van der Waals surface area contributed by atoms with Gasteiger partial charge in [-0.2, -0.15) is 15.4 Å². The summed E-state index contributed by atoms with van der Waals surface area (Å²) in [7, 11) is -3.69. The SMILES string of the molecule is O=S(=O)(NCc1nnc2ccccn12)c1ccc2n[nH]nc2c1. The maximum atomic E-state index is 12.4. The van der Waals surface area contributed by atoms with Gasteiger partial charge in [0.15, 0.2) is 11.5 Å². The molecule has 1 aromatic carbocycles. The monoisotopic (exact) mass is 329 g/mol. The Morgan fingerprint density at radius 3 is 2.87 bits per heavy atom. The summed E-state index contributed by atoms with van der Waals surface area (Å²) in [5.74, 6) is 0.506. The second-order valence-electron chi connectivity index (χ2n) is 4.84. The van der Waals surface area contributed by atoms with Gasteiger partial charge in [-0.05, 0) is 30.3 Å². The fraction of sp³-hybridized carbons (Fsp3) is 0.0769. The van der Waals surface area contributed by atoms with Crippen LogP contribution >= 0.6 is 0 Å². The lowest BCUT2D eigenvalue weighted by atomic mass is 10.3. The topological polar surface area (TPSA) is 118 Å². The lowest BCUT2D eigenvalue weighted by molar-refractivity contribution is 0.579. The molecule has 3 heterocycles. The fourth-order valence-electron chi connectivity index (χ4n) is 2.24. The highest BCUT2D eigenvalue weighted by Crippen LogP contribution is 2.15. The molecule has 0 saturated heterocycles. The van der Waals surface area contributed by atoms with Crippen LogP contribution in [-0.2, 0) is 16.6 Å². The van der Waals surface area contributed by atoms with Crippen LogP contribution in [0, 0.1) is 0 Å². The van der Waals surface area contributed by atoms with Crippen molar-refractivity contribution in [3.8, 4) is 0 Å². The molecule has 0 radical (unpaired) electrons. The summed E-state index contributed by atoms with van der Waals surface area (Å²) in [4.78, 5) is 0.118. The van der Waals surface area contributed by atoms with Crippen molar-refractivity contribution in [1.29, 1.82) is 0 Å². The van der Waals surface area contributed by atoms with E-state index in [1.807, 2.05) is 12.1 Å². The highest BCUT2D eigenvalue weighted by molar-refractivity contribution is 7.89. The number of sulfonamides is 1. The molecular weight excluding hydrogens is 318 g/mol. The molecule has 0 unspecified atom stereocenters. The second-order valence-corrected chi connectivity index (χ2v) is 6.61. The van der Waals surface area contributed by atoms with Crippen molar-refractivity contribution in [2.45, 2.75) is 11.4 Å². The number of fused-ring (bicyclic) bond motifs is 2. The molecule has 0 spiro atoms. The maximum Gasteiger partial charge on any atom is 0.241 e. The Balaban J connectivity index is 1.62. The van der Waals surface area contributed by atoms with E-state index < -0.39 is 10.0 Å². The van der Waals surface area contributed by atoms with E-state index in [4.69, 9.17) is 0 Å². The van der Waals surface area contributed by atoms with Crippen molar-refractivity contribution in [3.63, 3.8) is 0 Å². The molecule has 4 aromatic rings. The van der Waals surface area contributed by atoms with Gasteiger partial charge in [-0.25, -0.2) is 13.1 Å². The van der Waals surface area contributed by atoms with E-state index in [9.17, 15) is 8.42 Å². The zero-order valence-electron chi connectivity index (χ0n) is 11.7. The molecular formula is C13H11N7O2S. The first kappa shape index (κ1) is 13.8. The van der Waals surface area contributed by atoms with Crippen molar-refractivity contribution in [3.05, 3.63) is 48.4 Å².